The van der Waals surface area contributed by atoms with Crippen molar-refractivity contribution in [2.75, 3.05) is 13.1 Å². The number of hydrogen-bond donors (Lipinski definition) is 0. The number of nitro groups is 1. The molecule has 1 aromatic rings. The molecule has 1 aliphatic rings. The largest absolute Gasteiger partial charge is 0.444 e. The molecule has 7 heteroatoms. The second kappa shape index (κ2) is 6.82. The SMILES string of the molecule is CC(C)(C)OC(=O)N1CCC=C(C(=O)c2ccccc2[N+](=O)[O-])C1. The van der Waals surface area contributed by atoms with E-state index in [9.17, 15) is 19.7 Å². The minimum Gasteiger partial charge on any atom is -0.444 e. The Balaban J connectivity index is 2.18. The number of nitro benzene ring substituents is 1. The zero-order chi connectivity index (χ0) is 17.9. The highest BCUT2D eigenvalue weighted by Crippen LogP contribution is 2.24. The van der Waals surface area contributed by atoms with Crippen LogP contribution in [-0.2, 0) is 4.74 Å². The van der Waals surface area contributed by atoms with Crippen LogP contribution in [0.15, 0.2) is 35.9 Å². The molecule has 1 aliphatic heterocycles. The Morgan fingerprint density at radius 3 is 2.54 bits per heavy atom. The first-order valence-electron chi connectivity index (χ1n) is 7.64. The fourth-order valence-electron chi connectivity index (χ4n) is 2.39. The highest BCUT2D eigenvalue weighted by molar-refractivity contribution is 6.11. The van der Waals surface area contributed by atoms with Gasteiger partial charge in [0.25, 0.3) is 5.69 Å². The molecule has 0 aromatic heterocycles. The first-order valence-corrected chi connectivity index (χ1v) is 7.64. The number of para-hydroxylation sites is 1. The van der Waals surface area contributed by atoms with Crippen molar-refractivity contribution in [3.63, 3.8) is 0 Å². The Morgan fingerprint density at radius 1 is 1.25 bits per heavy atom. The predicted molar refractivity (Wildman–Crippen MR) is 87.9 cm³/mol. The normalized spacial score (nSPS) is 14.8. The number of nitrogens with zero attached hydrogens (tertiary/aromatic N) is 2. The topological polar surface area (TPSA) is 89.8 Å². The van der Waals surface area contributed by atoms with E-state index in [1.54, 1.807) is 32.9 Å². The third kappa shape index (κ3) is 4.18. The lowest BCUT2D eigenvalue weighted by Crippen LogP contribution is -2.41. The van der Waals surface area contributed by atoms with Gasteiger partial charge in [0, 0.05) is 18.2 Å². The third-order valence-corrected chi connectivity index (χ3v) is 3.44. The minimum atomic E-state index is -0.624. The lowest BCUT2D eigenvalue weighted by atomic mass is 9.98. The van der Waals surface area contributed by atoms with Crippen LogP contribution in [0.2, 0.25) is 0 Å². The summed E-state index contributed by atoms with van der Waals surface area (Å²) in [6.07, 6.45) is 1.73. The van der Waals surface area contributed by atoms with Crippen LogP contribution in [0.1, 0.15) is 37.6 Å². The number of rotatable bonds is 3. The molecule has 0 saturated carbocycles. The van der Waals surface area contributed by atoms with E-state index >= 15 is 0 Å². The molecule has 1 heterocycles. The molecule has 0 fully saturated rings. The summed E-state index contributed by atoms with van der Waals surface area (Å²) < 4.78 is 5.31. The number of carbonyl (C=O) groups excluding carboxylic acids is 2. The Hall–Kier alpha value is -2.70. The van der Waals surface area contributed by atoms with Crippen LogP contribution in [0.25, 0.3) is 0 Å². The van der Waals surface area contributed by atoms with Gasteiger partial charge in [-0.05, 0) is 33.3 Å². The van der Waals surface area contributed by atoms with Crippen molar-refractivity contribution in [1.82, 2.24) is 4.90 Å². The molecule has 0 bridgehead atoms. The first-order chi connectivity index (χ1) is 11.2. The van der Waals surface area contributed by atoms with E-state index in [1.807, 2.05) is 0 Å². The van der Waals surface area contributed by atoms with Crippen molar-refractivity contribution in [2.24, 2.45) is 0 Å². The third-order valence-electron chi connectivity index (χ3n) is 3.44. The molecule has 1 amide bonds. The van der Waals surface area contributed by atoms with Crippen molar-refractivity contribution in [3.8, 4) is 0 Å². The Bertz CT molecular complexity index is 703. The molecule has 24 heavy (non-hydrogen) atoms. The van der Waals surface area contributed by atoms with Crippen LogP contribution >= 0.6 is 0 Å². The predicted octanol–water partition coefficient (Wildman–Crippen LogP) is 3.34. The number of amides is 1. The number of carbonyl (C=O) groups is 2. The first kappa shape index (κ1) is 17.7. The molecule has 1 aromatic carbocycles. The smallest absolute Gasteiger partial charge is 0.410 e. The van der Waals surface area contributed by atoms with Gasteiger partial charge in [0.1, 0.15) is 5.60 Å². The highest BCUT2D eigenvalue weighted by atomic mass is 16.6. The summed E-state index contributed by atoms with van der Waals surface area (Å²) in [5.41, 5.74) is -0.473. The van der Waals surface area contributed by atoms with E-state index < -0.39 is 22.4 Å². The molecule has 0 radical (unpaired) electrons. The van der Waals surface area contributed by atoms with Gasteiger partial charge in [-0.15, -0.1) is 0 Å². The average Bonchev–Trinajstić information content (AvgIpc) is 2.52. The number of hydrogen-bond acceptors (Lipinski definition) is 5. The number of ketones is 1. The number of Topliss-reactive ketones (excluding diaryl/α,β-unsaturated/α-hetero) is 1. The van der Waals surface area contributed by atoms with Gasteiger partial charge in [-0.25, -0.2) is 4.79 Å². The second-order valence-electron chi connectivity index (χ2n) is 6.52. The van der Waals surface area contributed by atoms with Crippen molar-refractivity contribution in [2.45, 2.75) is 32.8 Å². The molecule has 0 aliphatic carbocycles. The zero-order valence-electron chi connectivity index (χ0n) is 13.9. The van der Waals surface area contributed by atoms with Gasteiger partial charge in [-0.2, -0.15) is 0 Å². The highest BCUT2D eigenvalue weighted by Gasteiger charge is 2.29. The summed E-state index contributed by atoms with van der Waals surface area (Å²) in [6.45, 7) is 5.83. The van der Waals surface area contributed by atoms with Gasteiger partial charge in [0.2, 0.25) is 0 Å². The molecule has 7 nitrogen and oxygen atoms in total. The van der Waals surface area contributed by atoms with Crippen LogP contribution in [0.3, 0.4) is 0 Å². The molecular weight excluding hydrogens is 312 g/mol. The van der Waals surface area contributed by atoms with Crippen molar-refractivity contribution < 1.29 is 19.2 Å². The fourth-order valence-corrected chi connectivity index (χ4v) is 2.39. The summed E-state index contributed by atoms with van der Waals surface area (Å²) in [4.78, 5) is 36.7. The number of benzene rings is 1. The van der Waals surface area contributed by atoms with Crippen molar-refractivity contribution >= 4 is 17.6 Å². The van der Waals surface area contributed by atoms with Crippen LogP contribution in [0.5, 0.6) is 0 Å². The molecule has 2 rings (SSSR count). The maximum atomic E-state index is 12.6. The zero-order valence-corrected chi connectivity index (χ0v) is 13.9. The molecule has 0 N–H and O–H groups in total. The molecule has 128 valence electrons. The maximum absolute atomic E-state index is 12.6. The van der Waals surface area contributed by atoms with Crippen LogP contribution in [-0.4, -0.2) is 40.4 Å². The van der Waals surface area contributed by atoms with Crippen LogP contribution in [0, 0.1) is 10.1 Å². The molecule has 0 saturated heterocycles. The Labute approximate surface area is 140 Å². The molecule has 0 spiro atoms. The van der Waals surface area contributed by atoms with E-state index in [2.05, 4.69) is 0 Å². The lowest BCUT2D eigenvalue weighted by Gasteiger charge is -2.29. The fraction of sp³-hybridized carbons (Fsp3) is 0.412. The van der Waals surface area contributed by atoms with Crippen molar-refractivity contribution in [1.29, 1.82) is 0 Å². The van der Waals surface area contributed by atoms with Crippen molar-refractivity contribution in [3.05, 3.63) is 51.6 Å². The summed E-state index contributed by atoms with van der Waals surface area (Å²) in [5.74, 6) is -0.435. The Kier molecular flexibility index (Phi) is 5.02. The van der Waals surface area contributed by atoms with Gasteiger partial charge in [0.05, 0.1) is 17.0 Å². The molecule has 0 unspecified atom stereocenters. The average molecular weight is 332 g/mol. The van der Waals surface area contributed by atoms with Crippen LogP contribution in [0.4, 0.5) is 10.5 Å². The van der Waals surface area contributed by atoms with E-state index in [-0.39, 0.29) is 17.8 Å². The van der Waals surface area contributed by atoms with Gasteiger partial charge < -0.3 is 9.64 Å². The summed E-state index contributed by atoms with van der Waals surface area (Å²) in [5, 5.41) is 11.1. The summed E-state index contributed by atoms with van der Waals surface area (Å²) in [6, 6.07) is 5.81. The van der Waals surface area contributed by atoms with Gasteiger partial charge in [-0.1, -0.05) is 18.2 Å². The van der Waals surface area contributed by atoms with Gasteiger partial charge >= 0.3 is 6.09 Å². The van der Waals surface area contributed by atoms with E-state index in [1.165, 1.54) is 23.1 Å². The summed E-state index contributed by atoms with van der Waals surface area (Å²) in [7, 11) is 0. The summed E-state index contributed by atoms with van der Waals surface area (Å²) >= 11 is 0. The molecular formula is C17H20N2O5. The van der Waals surface area contributed by atoms with Gasteiger partial charge in [-0.3, -0.25) is 14.9 Å². The standard InChI is InChI=1S/C17H20N2O5/c1-17(2,3)24-16(21)18-10-6-7-12(11-18)15(20)13-8-4-5-9-14(13)19(22)23/h4-5,7-9H,6,10-11H2,1-3H3. The van der Waals surface area contributed by atoms with Gasteiger partial charge in [0.15, 0.2) is 5.78 Å². The van der Waals surface area contributed by atoms with E-state index in [0.717, 1.165) is 0 Å². The number of ether oxygens (including phenoxy) is 1. The monoisotopic (exact) mass is 332 g/mol. The second-order valence-corrected chi connectivity index (χ2v) is 6.52. The van der Waals surface area contributed by atoms with E-state index in [0.29, 0.717) is 18.5 Å². The van der Waals surface area contributed by atoms with E-state index in [4.69, 9.17) is 4.74 Å². The van der Waals surface area contributed by atoms with Crippen LogP contribution < -0.4 is 0 Å². The molecule has 0 atom stereocenters. The lowest BCUT2D eigenvalue weighted by molar-refractivity contribution is -0.385. The maximum Gasteiger partial charge on any atom is 0.410 e. The quantitative estimate of drug-likeness (QED) is 0.481. The minimum absolute atomic E-state index is 0.0276. The Morgan fingerprint density at radius 2 is 1.92 bits per heavy atom.